The number of benzene rings is 1. The quantitative estimate of drug-likeness (QED) is 0.844. The number of para-hydroxylation sites is 1. The van der Waals surface area contributed by atoms with Crippen molar-refractivity contribution in [3.8, 4) is 5.75 Å². The summed E-state index contributed by atoms with van der Waals surface area (Å²) >= 11 is 0. The largest absolute Gasteiger partial charge is 0.491 e. The summed E-state index contributed by atoms with van der Waals surface area (Å²) in [6, 6.07) is 3.66. The highest BCUT2D eigenvalue weighted by Crippen LogP contribution is 2.43. The summed E-state index contributed by atoms with van der Waals surface area (Å²) in [7, 11) is 0. The smallest absolute Gasteiger partial charge is 0.419 e. The Hall–Kier alpha value is -1.72. The Bertz CT molecular complexity index is 496. The molecule has 3 nitrogen and oxygen atoms in total. The number of halogens is 3. The average Bonchev–Trinajstić information content (AvgIpc) is 2.26. The van der Waals surface area contributed by atoms with Gasteiger partial charge in [0.15, 0.2) is 0 Å². The van der Waals surface area contributed by atoms with Gasteiger partial charge in [-0.05, 0) is 25.0 Å². The summed E-state index contributed by atoms with van der Waals surface area (Å²) in [5.41, 5.74) is -1.76. The highest BCUT2D eigenvalue weighted by Gasteiger charge is 2.42. The molecule has 1 aliphatic rings. The fraction of sp³-hybridized carbons (Fsp3) is 0.417. The molecule has 2 rings (SSSR count). The van der Waals surface area contributed by atoms with Crippen molar-refractivity contribution in [1.82, 2.24) is 0 Å². The molecule has 6 heteroatoms. The van der Waals surface area contributed by atoms with Crippen LogP contribution in [0, 0.1) is 5.41 Å². The van der Waals surface area contributed by atoms with Crippen molar-refractivity contribution < 1.29 is 27.8 Å². The van der Waals surface area contributed by atoms with Gasteiger partial charge in [0.05, 0.1) is 5.56 Å². The maximum atomic E-state index is 12.7. The summed E-state index contributed by atoms with van der Waals surface area (Å²) in [6.07, 6.45) is -4.47. The minimum Gasteiger partial charge on any atom is -0.491 e. The molecule has 18 heavy (non-hydrogen) atoms. The number of aliphatic carboxylic acids is 1. The molecule has 1 aromatic carbocycles. The van der Waals surface area contributed by atoms with E-state index in [-0.39, 0.29) is 24.3 Å². The maximum Gasteiger partial charge on any atom is 0.419 e. The minimum absolute atomic E-state index is 0.0294. The lowest BCUT2D eigenvalue weighted by Gasteiger charge is -2.32. The monoisotopic (exact) mass is 260 g/mol. The number of alkyl halides is 3. The molecule has 0 fully saturated rings. The van der Waals surface area contributed by atoms with E-state index in [1.807, 2.05) is 0 Å². The molecule has 0 aliphatic carbocycles. The fourth-order valence-corrected chi connectivity index (χ4v) is 1.96. The van der Waals surface area contributed by atoms with Gasteiger partial charge >= 0.3 is 12.1 Å². The van der Waals surface area contributed by atoms with Gasteiger partial charge in [0, 0.05) is 0 Å². The first kappa shape index (κ1) is 12.7. The van der Waals surface area contributed by atoms with Gasteiger partial charge in [-0.1, -0.05) is 12.1 Å². The molecule has 1 N–H and O–H groups in total. The minimum atomic E-state index is -4.50. The Kier molecular flexibility index (Phi) is 2.76. The van der Waals surface area contributed by atoms with Crippen LogP contribution in [0.3, 0.4) is 0 Å². The standard InChI is InChI=1S/C12H11F3O3/c1-11(10(16)17)5-7-3-2-4-8(12(13,14)15)9(7)18-6-11/h2-4H,5-6H2,1H3,(H,16,17). The molecule has 1 atom stereocenters. The van der Waals surface area contributed by atoms with Gasteiger partial charge in [0.2, 0.25) is 0 Å². The molecule has 1 heterocycles. The number of hydrogen-bond donors (Lipinski definition) is 1. The first-order valence-corrected chi connectivity index (χ1v) is 5.29. The van der Waals surface area contributed by atoms with Gasteiger partial charge < -0.3 is 9.84 Å². The lowest BCUT2D eigenvalue weighted by Crippen LogP contribution is -2.39. The van der Waals surface area contributed by atoms with Crippen LogP contribution in [0.25, 0.3) is 0 Å². The lowest BCUT2D eigenvalue weighted by atomic mass is 9.82. The Balaban J connectivity index is 2.45. The second-order valence-electron chi connectivity index (χ2n) is 4.62. The van der Waals surface area contributed by atoms with Crippen molar-refractivity contribution in [2.24, 2.45) is 5.41 Å². The molecule has 0 saturated carbocycles. The number of rotatable bonds is 1. The number of ether oxygens (including phenoxy) is 1. The van der Waals surface area contributed by atoms with E-state index < -0.39 is 23.1 Å². The average molecular weight is 260 g/mol. The number of carboxylic acids is 1. The van der Waals surface area contributed by atoms with Crippen LogP contribution in [-0.4, -0.2) is 17.7 Å². The molecule has 0 radical (unpaired) electrons. The summed E-state index contributed by atoms with van der Waals surface area (Å²) in [6.45, 7) is 1.20. The molecule has 1 unspecified atom stereocenters. The first-order chi connectivity index (χ1) is 8.24. The Morgan fingerprint density at radius 1 is 1.44 bits per heavy atom. The molecular formula is C12H11F3O3. The third kappa shape index (κ3) is 2.02. The van der Waals surface area contributed by atoms with Crippen molar-refractivity contribution in [3.05, 3.63) is 29.3 Å². The first-order valence-electron chi connectivity index (χ1n) is 5.29. The molecule has 0 bridgehead atoms. The molecule has 98 valence electrons. The van der Waals surface area contributed by atoms with Crippen LogP contribution in [0.15, 0.2) is 18.2 Å². The van der Waals surface area contributed by atoms with Gasteiger partial charge in [0.1, 0.15) is 17.8 Å². The second kappa shape index (κ2) is 3.90. The zero-order valence-corrected chi connectivity index (χ0v) is 9.54. The molecule has 0 spiro atoms. The zero-order valence-electron chi connectivity index (χ0n) is 9.54. The van der Waals surface area contributed by atoms with Crippen molar-refractivity contribution in [2.45, 2.75) is 19.5 Å². The van der Waals surface area contributed by atoms with Gasteiger partial charge in [0.25, 0.3) is 0 Å². The van der Waals surface area contributed by atoms with E-state index in [1.54, 1.807) is 0 Å². The summed E-state index contributed by atoms with van der Waals surface area (Å²) in [4.78, 5) is 11.1. The molecule has 1 aromatic rings. The maximum absolute atomic E-state index is 12.7. The van der Waals surface area contributed by atoms with E-state index in [1.165, 1.54) is 19.1 Å². The van der Waals surface area contributed by atoms with E-state index in [0.29, 0.717) is 0 Å². The van der Waals surface area contributed by atoms with Gasteiger partial charge in [-0.15, -0.1) is 0 Å². The summed E-state index contributed by atoms with van der Waals surface area (Å²) < 4.78 is 43.2. The van der Waals surface area contributed by atoms with Crippen LogP contribution >= 0.6 is 0 Å². The van der Waals surface area contributed by atoms with Gasteiger partial charge in [-0.3, -0.25) is 4.79 Å². The highest BCUT2D eigenvalue weighted by atomic mass is 19.4. The second-order valence-corrected chi connectivity index (χ2v) is 4.62. The van der Waals surface area contributed by atoms with E-state index in [9.17, 15) is 18.0 Å². The number of hydrogen-bond acceptors (Lipinski definition) is 2. The third-order valence-electron chi connectivity index (χ3n) is 3.03. The van der Waals surface area contributed by atoms with E-state index in [4.69, 9.17) is 9.84 Å². The van der Waals surface area contributed by atoms with Crippen LogP contribution in [0.5, 0.6) is 5.75 Å². The van der Waals surface area contributed by atoms with Crippen LogP contribution in [0.1, 0.15) is 18.1 Å². The molecule has 0 amide bonds. The van der Waals surface area contributed by atoms with Crippen molar-refractivity contribution in [3.63, 3.8) is 0 Å². The van der Waals surface area contributed by atoms with Gasteiger partial charge in [-0.25, -0.2) is 0 Å². The molecule has 0 aromatic heterocycles. The van der Waals surface area contributed by atoms with Crippen molar-refractivity contribution >= 4 is 5.97 Å². The summed E-state index contributed by atoms with van der Waals surface area (Å²) in [5.74, 6) is -1.32. The van der Waals surface area contributed by atoms with E-state index in [0.717, 1.165) is 6.07 Å². The molecule has 0 saturated heterocycles. The number of carbonyl (C=O) groups is 1. The number of carboxylic acid groups (broad SMARTS) is 1. The topological polar surface area (TPSA) is 46.5 Å². The SMILES string of the molecule is CC1(C(=O)O)COc2c(cccc2C(F)(F)F)C1. The summed E-state index contributed by atoms with van der Waals surface area (Å²) in [5, 5.41) is 9.05. The van der Waals surface area contributed by atoms with Crippen molar-refractivity contribution in [1.29, 1.82) is 0 Å². The van der Waals surface area contributed by atoms with Gasteiger partial charge in [-0.2, -0.15) is 13.2 Å². The van der Waals surface area contributed by atoms with Crippen molar-refractivity contribution in [2.75, 3.05) is 6.61 Å². The fourth-order valence-electron chi connectivity index (χ4n) is 1.96. The lowest BCUT2D eigenvalue weighted by molar-refractivity contribution is -0.151. The zero-order chi connectivity index (χ0) is 13.6. The van der Waals surface area contributed by atoms with Crippen LogP contribution in [-0.2, 0) is 17.4 Å². The highest BCUT2D eigenvalue weighted by molar-refractivity contribution is 5.75. The Morgan fingerprint density at radius 3 is 2.67 bits per heavy atom. The van der Waals surface area contributed by atoms with E-state index in [2.05, 4.69) is 0 Å². The Morgan fingerprint density at radius 2 is 2.11 bits per heavy atom. The normalized spacial score (nSPS) is 23.1. The van der Waals surface area contributed by atoms with Crippen LogP contribution in [0.4, 0.5) is 13.2 Å². The molecular weight excluding hydrogens is 249 g/mol. The Labute approximate surface area is 101 Å². The number of fused-ring (bicyclic) bond motifs is 1. The predicted molar refractivity (Wildman–Crippen MR) is 56.4 cm³/mol. The molecule has 1 aliphatic heterocycles. The third-order valence-corrected chi connectivity index (χ3v) is 3.03. The van der Waals surface area contributed by atoms with E-state index >= 15 is 0 Å². The van der Waals surface area contributed by atoms with Crippen LogP contribution in [0.2, 0.25) is 0 Å². The van der Waals surface area contributed by atoms with Crippen LogP contribution < -0.4 is 4.74 Å². The predicted octanol–water partition coefficient (Wildman–Crippen LogP) is 2.73.